The fourth-order valence-electron chi connectivity index (χ4n) is 3.79. The average Bonchev–Trinajstić information content (AvgIpc) is 3.14. The van der Waals surface area contributed by atoms with Gasteiger partial charge in [-0.3, -0.25) is 4.79 Å². The van der Waals surface area contributed by atoms with Crippen LogP contribution in [-0.4, -0.2) is 48.5 Å². The maximum Gasteiger partial charge on any atom is 0.219 e. The van der Waals surface area contributed by atoms with E-state index in [2.05, 4.69) is 43.5 Å². The molecule has 3 rings (SSSR count). The molecule has 0 aliphatic heterocycles. The maximum atomic E-state index is 11.3. The van der Waals surface area contributed by atoms with Crippen LogP contribution in [0.15, 0.2) is 21.2 Å². The largest absolute Gasteiger partial charge is 0.444 e. The Bertz CT molecular complexity index is 867. The highest BCUT2D eigenvalue weighted by molar-refractivity contribution is 9.10. The number of furan rings is 1. The number of hydrogen-bond donors (Lipinski definition) is 2. The molecule has 1 fully saturated rings. The van der Waals surface area contributed by atoms with Gasteiger partial charge in [0.2, 0.25) is 11.7 Å². The van der Waals surface area contributed by atoms with E-state index in [-0.39, 0.29) is 11.7 Å². The minimum absolute atomic E-state index is 0.107. The first kappa shape index (κ1) is 20.6. The normalized spacial score (nSPS) is 19.5. The molecule has 8 heteroatoms. The zero-order valence-corrected chi connectivity index (χ0v) is 17.9. The lowest BCUT2D eigenvalue weighted by atomic mass is 9.90. The molecule has 1 amide bonds. The molecule has 0 atom stereocenters. The summed E-state index contributed by atoms with van der Waals surface area (Å²) in [5.41, 5.74) is 0.607. The summed E-state index contributed by atoms with van der Waals surface area (Å²) in [6.07, 6.45) is 7.53. The number of rotatable bonds is 7. The predicted octanol–water partition coefficient (Wildman–Crippen LogP) is 3.64. The van der Waals surface area contributed by atoms with Crippen molar-refractivity contribution in [3.05, 3.63) is 22.5 Å². The number of halogens is 1. The number of fused-ring (bicyclic) bond motifs is 1. The molecule has 1 saturated carbocycles. The number of pyridine rings is 1. The molecule has 2 aromatic rings. The van der Waals surface area contributed by atoms with Gasteiger partial charge in [-0.1, -0.05) is 0 Å². The number of anilines is 1. The number of hydrogen-bond acceptors (Lipinski definition) is 6. The van der Waals surface area contributed by atoms with Crippen molar-refractivity contribution >= 4 is 38.6 Å². The van der Waals surface area contributed by atoms with E-state index < -0.39 is 0 Å². The van der Waals surface area contributed by atoms with Crippen LogP contribution in [0, 0.1) is 11.3 Å². The molecule has 28 heavy (non-hydrogen) atoms. The van der Waals surface area contributed by atoms with Crippen LogP contribution < -0.4 is 10.6 Å². The van der Waals surface area contributed by atoms with Crippen molar-refractivity contribution in [1.29, 1.82) is 5.26 Å². The van der Waals surface area contributed by atoms with Gasteiger partial charge in [-0.05, 0) is 61.6 Å². The van der Waals surface area contributed by atoms with Gasteiger partial charge >= 0.3 is 0 Å². The van der Waals surface area contributed by atoms with E-state index in [4.69, 9.17) is 9.68 Å². The predicted molar refractivity (Wildman–Crippen MR) is 112 cm³/mol. The third-order valence-corrected chi connectivity index (χ3v) is 6.28. The van der Waals surface area contributed by atoms with E-state index in [0.717, 1.165) is 54.3 Å². The molecule has 2 N–H and O–H groups in total. The van der Waals surface area contributed by atoms with Crippen LogP contribution in [0.2, 0.25) is 0 Å². The number of amides is 1. The highest BCUT2D eigenvalue weighted by Crippen LogP contribution is 2.33. The van der Waals surface area contributed by atoms with Gasteiger partial charge in [0.15, 0.2) is 5.58 Å². The van der Waals surface area contributed by atoms with E-state index in [1.54, 1.807) is 19.3 Å². The Kier molecular flexibility index (Phi) is 6.92. The first-order chi connectivity index (χ1) is 13.5. The Morgan fingerprint density at radius 1 is 1.43 bits per heavy atom. The van der Waals surface area contributed by atoms with E-state index >= 15 is 0 Å². The quantitative estimate of drug-likeness (QED) is 0.672. The van der Waals surface area contributed by atoms with Crippen LogP contribution in [0.1, 0.15) is 44.3 Å². The summed E-state index contributed by atoms with van der Waals surface area (Å²) in [7, 11) is 3.83. The van der Waals surface area contributed by atoms with E-state index in [1.807, 2.05) is 6.07 Å². The van der Waals surface area contributed by atoms with Gasteiger partial charge in [-0.15, -0.1) is 0 Å². The second kappa shape index (κ2) is 9.39. The Balaban J connectivity index is 1.52. The molecule has 0 bridgehead atoms. The molecular formula is C20H26BrN5O2. The Labute approximate surface area is 173 Å². The zero-order valence-electron chi connectivity index (χ0n) is 16.3. The van der Waals surface area contributed by atoms with Gasteiger partial charge in [0.1, 0.15) is 11.9 Å². The minimum atomic E-state index is 0.107. The van der Waals surface area contributed by atoms with Gasteiger partial charge in [-0.25, -0.2) is 4.98 Å². The van der Waals surface area contributed by atoms with Gasteiger partial charge in [0, 0.05) is 37.0 Å². The zero-order chi connectivity index (χ0) is 20.1. The summed E-state index contributed by atoms with van der Waals surface area (Å²) in [4.78, 5) is 18.2. The molecule has 150 valence electrons. The molecule has 0 spiro atoms. The molecular weight excluding hydrogens is 422 g/mol. The summed E-state index contributed by atoms with van der Waals surface area (Å²) in [5, 5.41) is 16.1. The van der Waals surface area contributed by atoms with Gasteiger partial charge in [-0.2, -0.15) is 5.26 Å². The van der Waals surface area contributed by atoms with Crippen LogP contribution in [0.3, 0.4) is 0 Å². The van der Waals surface area contributed by atoms with Crippen molar-refractivity contribution in [3.63, 3.8) is 0 Å². The minimum Gasteiger partial charge on any atom is -0.444 e. The fraction of sp³-hybridized carbons (Fsp3) is 0.550. The Morgan fingerprint density at radius 3 is 2.86 bits per heavy atom. The summed E-state index contributed by atoms with van der Waals surface area (Å²) in [5.74, 6) is 1.19. The van der Waals surface area contributed by atoms with Crippen molar-refractivity contribution in [3.8, 4) is 6.07 Å². The summed E-state index contributed by atoms with van der Waals surface area (Å²) in [6, 6.07) is 4.69. The van der Waals surface area contributed by atoms with Crippen LogP contribution in [0.25, 0.3) is 11.0 Å². The van der Waals surface area contributed by atoms with E-state index in [0.29, 0.717) is 24.1 Å². The van der Waals surface area contributed by atoms with Crippen LogP contribution in [-0.2, 0) is 4.79 Å². The van der Waals surface area contributed by atoms with E-state index in [9.17, 15) is 4.79 Å². The molecule has 0 aromatic carbocycles. The number of aromatic nitrogens is 1. The number of nitrogens with one attached hydrogen (secondary N) is 2. The van der Waals surface area contributed by atoms with Gasteiger partial charge in [0.05, 0.1) is 10.7 Å². The topological polar surface area (TPSA) is 94.2 Å². The molecule has 7 nitrogen and oxygen atoms in total. The lowest BCUT2D eigenvalue weighted by molar-refractivity contribution is -0.120. The summed E-state index contributed by atoms with van der Waals surface area (Å²) in [6.45, 7) is 0.946. The third kappa shape index (κ3) is 4.83. The second-order valence-corrected chi connectivity index (χ2v) is 8.12. The fourth-order valence-corrected chi connectivity index (χ4v) is 4.31. The maximum absolute atomic E-state index is 11.3. The van der Waals surface area contributed by atoms with Crippen LogP contribution in [0.5, 0.6) is 0 Å². The Morgan fingerprint density at radius 2 is 2.18 bits per heavy atom. The highest BCUT2D eigenvalue weighted by atomic mass is 79.9. The lowest BCUT2D eigenvalue weighted by Gasteiger charge is -2.35. The third-order valence-electron chi connectivity index (χ3n) is 5.48. The van der Waals surface area contributed by atoms with Crippen molar-refractivity contribution in [2.75, 3.05) is 26.0 Å². The standard InChI is InChI=1S/C20H26BrN5O2/c1-23-18(27)4-3-9-26(2)14-7-5-13(6-8-14)25-20-19(21)16-10-15(11-22)28-17(16)12-24-20/h10,12-14H,3-9H2,1-2H3,(H,23,27)(H,24,25). The highest BCUT2D eigenvalue weighted by Gasteiger charge is 2.25. The van der Waals surface area contributed by atoms with Crippen molar-refractivity contribution in [2.45, 2.75) is 50.6 Å². The van der Waals surface area contributed by atoms with Crippen LogP contribution >= 0.6 is 15.9 Å². The molecule has 2 aromatic heterocycles. The number of nitrogens with zero attached hydrogens (tertiary/aromatic N) is 3. The second-order valence-electron chi connectivity index (χ2n) is 7.33. The lowest BCUT2D eigenvalue weighted by Crippen LogP contribution is -2.39. The first-order valence-corrected chi connectivity index (χ1v) is 10.5. The monoisotopic (exact) mass is 447 g/mol. The number of nitriles is 1. The smallest absolute Gasteiger partial charge is 0.219 e. The molecule has 0 radical (unpaired) electrons. The first-order valence-electron chi connectivity index (χ1n) is 9.67. The van der Waals surface area contributed by atoms with Crippen LogP contribution in [0.4, 0.5) is 5.82 Å². The molecule has 0 unspecified atom stereocenters. The summed E-state index contributed by atoms with van der Waals surface area (Å²) < 4.78 is 6.26. The summed E-state index contributed by atoms with van der Waals surface area (Å²) >= 11 is 3.60. The van der Waals surface area contributed by atoms with Crippen molar-refractivity contribution in [1.82, 2.24) is 15.2 Å². The number of carbonyl (C=O) groups excluding carboxylic acids is 1. The Hall–Kier alpha value is -2.11. The molecule has 1 aliphatic carbocycles. The molecule has 0 saturated heterocycles. The SMILES string of the molecule is CNC(=O)CCCN(C)C1CCC(Nc2ncc3oc(C#N)cc3c2Br)CC1. The van der Waals surface area contributed by atoms with Crippen molar-refractivity contribution < 1.29 is 9.21 Å². The molecule has 1 aliphatic rings. The van der Waals surface area contributed by atoms with Gasteiger partial charge < -0.3 is 20.0 Å². The van der Waals surface area contributed by atoms with Crippen molar-refractivity contribution in [2.24, 2.45) is 0 Å². The van der Waals surface area contributed by atoms with E-state index in [1.165, 1.54) is 0 Å². The van der Waals surface area contributed by atoms with Gasteiger partial charge in [0.25, 0.3) is 0 Å². The number of carbonyl (C=O) groups is 1. The average molecular weight is 448 g/mol. The molecule has 2 heterocycles.